The summed E-state index contributed by atoms with van der Waals surface area (Å²) in [4.78, 5) is 11.5. The largest absolute Gasteiger partial charge is 0.371 e. The molecule has 1 saturated carbocycles. The number of carbonyl (C=O) groups is 1. The molecule has 1 aliphatic carbocycles. The Labute approximate surface area is 112 Å². The van der Waals surface area contributed by atoms with Crippen LogP contribution >= 0.6 is 0 Å². The molecule has 2 aromatic rings. The van der Waals surface area contributed by atoms with Crippen molar-refractivity contribution < 1.29 is 4.79 Å². The number of hydrogen-bond acceptors (Lipinski definition) is 2. The van der Waals surface area contributed by atoms with E-state index in [1.807, 2.05) is 36.4 Å². The zero-order valence-electron chi connectivity index (χ0n) is 10.6. The topological polar surface area (TPSA) is 55.1 Å². The third kappa shape index (κ3) is 2.19. The highest BCUT2D eigenvalue weighted by Crippen LogP contribution is 2.41. The van der Waals surface area contributed by atoms with Crippen LogP contribution in [0.2, 0.25) is 0 Å². The molecular weight excluding hydrogens is 236 g/mol. The van der Waals surface area contributed by atoms with Gasteiger partial charge in [0, 0.05) is 11.3 Å². The summed E-state index contributed by atoms with van der Waals surface area (Å²) in [5, 5.41) is 3.32. The Morgan fingerprint density at radius 1 is 1.00 bits per heavy atom. The molecule has 3 N–H and O–H groups in total. The van der Waals surface area contributed by atoms with Crippen molar-refractivity contribution in [3.8, 4) is 11.1 Å². The van der Waals surface area contributed by atoms with E-state index in [0.717, 1.165) is 29.7 Å². The Kier molecular flexibility index (Phi) is 2.75. The highest BCUT2D eigenvalue weighted by atomic mass is 16.1. The van der Waals surface area contributed by atoms with E-state index in [1.165, 1.54) is 0 Å². The SMILES string of the molecule is NC(=O)C1(Nc2ccccc2-c2ccccc2)CC1. The van der Waals surface area contributed by atoms with Crippen LogP contribution < -0.4 is 11.1 Å². The van der Waals surface area contributed by atoms with Gasteiger partial charge in [0.05, 0.1) is 0 Å². The van der Waals surface area contributed by atoms with Gasteiger partial charge >= 0.3 is 0 Å². The summed E-state index contributed by atoms with van der Waals surface area (Å²) in [6, 6.07) is 18.1. The number of nitrogens with two attached hydrogens (primary N) is 1. The van der Waals surface area contributed by atoms with Crippen molar-refractivity contribution in [3.63, 3.8) is 0 Å². The molecule has 0 bridgehead atoms. The average molecular weight is 252 g/mol. The van der Waals surface area contributed by atoms with E-state index in [1.54, 1.807) is 0 Å². The lowest BCUT2D eigenvalue weighted by Crippen LogP contribution is -2.37. The van der Waals surface area contributed by atoms with Crippen LogP contribution in [-0.2, 0) is 4.79 Å². The second kappa shape index (κ2) is 4.43. The van der Waals surface area contributed by atoms with E-state index in [0.29, 0.717) is 0 Å². The number of rotatable bonds is 4. The average Bonchev–Trinajstić information content (AvgIpc) is 3.21. The summed E-state index contributed by atoms with van der Waals surface area (Å²) in [7, 11) is 0. The number of hydrogen-bond donors (Lipinski definition) is 2. The molecule has 1 fully saturated rings. The van der Waals surface area contributed by atoms with Crippen molar-refractivity contribution in [1.82, 2.24) is 0 Å². The molecule has 0 unspecified atom stereocenters. The van der Waals surface area contributed by atoms with Crippen molar-refractivity contribution in [2.45, 2.75) is 18.4 Å². The second-order valence-corrected chi connectivity index (χ2v) is 4.98. The summed E-state index contributed by atoms with van der Waals surface area (Å²) < 4.78 is 0. The Morgan fingerprint density at radius 3 is 2.26 bits per heavy atom. The number of anilines is 1. The molecule has 0 atom stereocenters. The molecule has 1 amide bonds. The zero-order chi connectivity index (χ0) is 13.3. The second-order valence-electron chi connectivity index (χ2n) is 4.98. The molecule has 3 nitrogen and oxygen atoms in total. The maximum absolute atomic E-state index is 11.5. The quantitative estimate of drug-likeness (QED) is 0.879. The highest BCUT2D eigenvalue weighted by Gasteiger charge is 2.48. The number of amides is 1. The first kappa shape index (κ1) is 11.8. The predicted octanol–water partition coefficient (Wildman–Crippen LogP) is 2.78. The fraction of sp³-hybridized carbons (Fsp3) is 0.188. The Bertz CT molecular complexity index is 603. The molecule has 3 heteroatoms. The van der Waals surface area contributed by atoms with Gasteiger partial charge in [-0.3, -0.25) is 4.79 Å². The number of nitrogens with one attached hydrogen (secondary N) is 1. The molecule has 3 rings (SSSR count). The predicted molar refractivity (Wildman–Crippen MR) is 76.7 cm³/mol. The summed E-state index contributed by atoms with van der Waals surface area (Å²) in [5.41, 5.74) is 8.12. The highest BCUT2D eigenvalue weighted by molar-refractivity contribution is 5.93. The van der Waals surface area contributed by atoms with Gasteiger partial charge in [-0.2, -0.15) is 0 Å². The summed E-state index contributed by atoms with van der Waals surface area (Å²) in [6.07, 6.45) is 1.62. The molecule has 0 aromatic heterocycles. The van der Waals surface area contributed by atoms with Gasteiger partial charge in [0.2, 0.25) is 5.91 Å². The molecule has 2 aromatic carbocycles. The lowest BCUT2D eigenvalue weighted by molar-refractivity contribution is -0.119. The fourth-order valence-corrected chi connectivity index (χ4v) is 2.28. The molecular formula is C16H16N2O. The van der Waals surface area contributed by atoms with Crippen LogP contribution in [0.15, 0.2) is 54.6 Å². The van der Waals surface area contributed by atoms with E-state index in [9.17, 15) is 4.79 Å². The monoisotopic (exact) mass is 252 g/mol. The number of primary amides is 1. The van der Waals surface area contributed by atoms with Gasteiger partial charge in [0.1, 0.15) is 5.54 Å². The molecule has 0 saturated heterocycles. The van der Waals surface area contributed by atoms with Gasteiger partial charge in [0.15, 0.2) is 0 Å². The minimum Gasteiger partial charge on any atom is -0.371 e. The van der Waals surface area contributed by atoms with E-state index < -0.39 is 5.54 Å². The molecule has 19 heavy (non-hydrogen) atoms. The molecule has 0 heterocycles. The Hall–Kier alpha value is -2.29. The minimum absolute atomic E-state index is 0.268. The zero-order valence-corrected chi connectivity index (χ0v) is 10.6. The summed E-state index contributed by atoms with van der Waals surface area (Å²) in [5.74, 6) is -0.268. The van der Waals surface area contributed by atoms with Crippen LogP contribution in [-0.4, -0.2) is 11.4 Å². The molecule has 1 aliphatic rings. The normalized spacial score (nSPS) is 15.8. The molecule has 0 aliphatic heterocycles. The smallest absolute Gasteiger partial charge is 0.243 e. The Morgan fingerprint density at radius 2 is 1.63 bits per heavy atom. The van der Waals surface area contributed by atoms with Gasteiger partial charge in [-0.15, -0.1) is 0 Å². The van der Waals surface area contributed by atoms with Crippen LogP contribution in [0.25, 0.3) is 11.1 Å². The van der Waals surface area contributed by atoms with Gasteiger partial charge in [-0.05, 0) is 24.5 Å². The first-order valence-electron chi connectivity index (χ1n) is 6.44. The van der Waals surface area contributed by atoms with Crippen molar-refractivity contribution in [2.75, 3.05) is 5.32 Å². The minimum atomic E-state index is -0.537. The lowest BCUT2D eigenvalue weighted by Gasteiger charge is -2.18. The van der Waals surface area contributed by atoms with Crippen molar-refractivity contribution in [2.24, 2.45) is 5.73 Å². The fourth-order valence-electron chi connectivity index (χ4n) is 2.28. The van der Waals surface area contributed by atoms with Gasteiger partial charge in [-0.25, -0.2) is 0 Å². The van der Waals surface area contributed by atoms with Gasteiger partial charge in [0.25, 0.3) is 0 Å². The van der Waals surface area contributed by atoms with E-state index in [-0.39, 0.29) is 5.91 Å². The van der Waals surface area contributed by atoms with E-state index >= 15 is 0 Å². The van der Waals surface area contributed by atoms with E-state index in [4.69, 9.17) is 5.73 Å². The van der Waals surface area contributed by atoms with Crippen LogP contribution in [0.4, 0.5) is 5.69 Å². The van der Waals surface area contributed by atoms with Gasteiger partial charge in [-0.1, -0.05) is 48.5 Å². The van der Waals surface area contributed by atoms with Crippen LogP contribution in [0.3, 0.4) is 0 Å². The summed E-state index contributed by atoms with van der Waals surface area (Å²) >= 11 is 0. The maximum atomic E-state index is 11.5. The van der Waals surface area contributed by atoms with Crippen molar-refractivity contribution in [1.29, 1.82) is 0 Å². The van der Waals surface area contributed by atoms with Crippen molar-refractivity contribution >= 4 is 11.6 Å². The van der Waals surface area contributed by atoms with Crippen LogP contribution in [0.1, 0.15) is 12.8 Å². The van der Waals surface area contributed by atoms with E-state index in [2.05, 4.69) is 23.5 Å². The van der Waals surface area contributed by atoms with Crippen LogP contribution in [0.5, 0.6) is 0 Å². The third-order valence-corrected chi connectivity index (χ3v) is 3.61. The maximum Gasteiger partial charge on any atom is 0.243 e. The lowest BCUT2D eigenvalue weighted by atomic mass is 10.0. The Balaban J connectivity index is 1.97. The first-order valence-corrected chi connectivity index (χ1v) is 6.44. The molecule has 0 spiro atoms. The number of para-hydroxylation sites is 1. The third-order valence-electron chi connectivity index (χ3n) is 3.61. The first-order chi connectivity index (χ1) is 9.21. The molecule has 0 radical (unpaired) electrons. The summed E-state index contributed by atoms with van der Waals surface area (Å²) in [6.45, 7) is 0. The van der Waals surface area contributed by atoms with Crippen molar-refractivity contribution in [3.05, 3.63) is 54.6 Å². The molecule has 96 valence electrons. The number of benzene rings is 2. The van der Waals surface area contributed by atoms with Crippen LogP contribution in [0, 0.1) is 0 Å². The van der Waals surface area contributed by atoms with Gasteiger partial charge < -0.3 is 11.1 Å². The standard InChI is InChI=1S/C16H16N2O/c17-15(19)16(10-11-16)18-14-9-5-4-8-13(14)12-6-2-1-3-7-12/h1-9,18H,10-11H2,(H2,17,19). The number of carbonyl (C=O) groups excluding carboxylic acids is 1.